The monoisotopic (exact) mass is 354 g/mol. The average Bonchev–Trinajstić information content (AvgIpc) is 2.53. The van der Waals surface area contributed by atoms with Gasteiger partial charge in [0.2, 0.25) is 15.9 Å². The van der Waals surface area contributed by atoms with Gasteiger partial charge in [-0.1, -0.05) is 17.7 Å². The summed E-state index contributed by atoms with van der Waals surface area (Å²) in [6, 6.07) is 7.59. The molecular weight excluding hydrogens is 328 g/mol. The van der Waals surface area contributed by atoms with Crippen molar-refractivity contribution in [1.82, 2.24) is 9.62 Å². The average molecular weight is 354 g/mol. The highest BCUT2D eigenvalue weighted by atomic mass is 32.2. The van der Waals surface area contributed by atoms with E-state index in [2.05, 4.69) is 5.32 Å². The van der Waals surface area contributed by atoms with Gasteiger partial charge in [0.05, 0.1) is 18.2 Å². The van der Waals surface area contributed by atoms with Crippen LogP contribution >= 0.6 is 0 Å². The van der Waals surface area contributed by atoms with Crippen LogP contribution in [0.25, 0.3) is 0 Å². The number of aryl methyl sites for hydroxylation is 1. The number of amides is 1. The van der Waals surface area contributed by atoms with Gasteiger partial charge in [0.1, 0.15) is 12.4 Å². The zero-order chi connectivity index (χ0) is 17.7. The molecule has 1 aliphatic heterocycles. The van der Waals surface area contributed by atoms with Crippen LogP contribution in [0, 0.1) is 12.8 Å². The molecule has 0 spiro atoms. The second-order valence-corrected chi connectivity index (χ2v) is 8.48. The third-order valence-electron chi connectivity index (χ3n) is 4.13. The van der Waals surface area contributed by atoms with Crippen molar-refractivity contribution >= 4 is 15.9 Å². The predicted molar refractivity (Wildman–Crippen MR) is 93.4 cm³/mol. The Bertz CT molecular complexity index is 658. The number of ether oxygens (including phenoxy) is 1. The van der Waals surface area contributed by atoms with Crippen molar-refractivity contribution in [3.8, 4) is 5.75 Å². The van der Waals surface area contributed by atoms with Gasteiger partial charge in [-0.2, -0.15) is 0 Å². The summed E-state index contributed by atoms with van der Waals surface area (Å²) in [5.74, 6) is 0.362. The SMILES string of the molecule is Cc1ccc(OC[C@@H](C)NC(=O)[C@@H]2CCCN(S(C)(=O)=O)C2)cc1. The molecule has 2 rings (SSSR count). The third kappa shape index (κ3) is 5.49. The molecule has 1 N–H and O–H groups in total. The van der Waals surface area contributed by atoms with Crippen molar-refractivity contribution in [2.75, 3.05) is 26.0 Å². The van der Waals surface area contributed by atoms with Crippen LogP contribution in [0.2, 0.25) is 0 Å². The summed E-state index contributed by atoms with van der Waals surface area (Å²) in [7, 11) is -3.24. The molecule has 6 nitrogen and oxygen atoms in total. The summed E-state index contributed by atoms with van der Waals surface area (Å²) < 4.78 is 30.3. The minimum Gasteiger partial charge on any atom is -0.491 e. The molecule has 0 aliphatic carbocycles. The van der Waals surface area contributed by atoms with Crippen LogP contribution in [0.15, 0.2) is 24.3 Å². The number of rotatable bonds is 6. The Kier molecular flexibility index (Phi) is 6.23. The van der Waals surface area contributed by atoms with E-state index in [4.69, 9.17) is 4.74 Å². The van der Waals surface area contributed by atoms with E-state index in [1.54, 1.807) is 0 Å². The standard InChI is InChI=1S/C17H26N2O4S/c1-13-6-8-16(9-7-13)23-12-14(2)18-17(20)15-5-4-10-19(11-15)24(3,21)22/h6-9,14-15H,4-5,10-12H2,1-3H3,(H,18,20)/t14-,15-/m1/s1. The summed E-state index contributed by atoms with van der Waals surface area (Å²) in [6.45, 7) is 5.02. The van der Waals surface area contributed by atoms with Crippen LogP contribution in [0.3, 0.4) is 0 Å². The van der Waals surface area contributed by atoms with Crippen LogP contribution in [0.5, 0.6) is 5.75 Å². The number of carbonyl (C=O) groups excluding carboxylic acids is 1. The number of sulfonamides is 1. The van der Waals surface area contributed by atoms with E-state index >= 15 is 0 Å². The lowest BCUT2D eigenvalue weighted by Gasteiger charge is -2.30. The minimum absolute atomic E-state index is 0.108. The molecule has 1 aromatic carbocycles. The van der Waals surface area contributed by atoms with Crippen LogP contribution in [0.4, 0.5) is 0 Å². The molecule has 0 bridgehead atoms. The topological polar surface area (TPSA) is 75.7 Å². The maximum atomic E-state index is 12.3. The normalized spacial score (nSPS) is 20.4. The Balaban J connectivity index is 1.81. The number of nitrogens with zero attached hydrogens (tertiary/aromatic N) is 1. The third-order valence-corrected chi connectivity index (χ3v) is 5.40. The van der Waals surface area contributed by atoms with Gasteiger partial charge in [-0.15, -0.1) is 0 Å². The van der Waals surface area contributed by atoms with E-state index in [1.807, 2.05) is 38.1 Å². The Morgan fingerprint density at radius 1 is 1.38 bits per heavy atom. The summed E-state index contributed by atoms with van der Waals surface area (Å²) in [4.78, 5) is 12.3. The Hall–Kier alpha value is -1.60. The highest BCUT2D eigenvalue weighted by molar-refractivity contribution is 7.88. The van der Waals surface area contributed by atoms with Crippen molar-refractivity contribution in [3.05, 3.63) is 29.8 Å². The Labute approximate surface area is 144 Å². The number of hydrogen-bond donors (Lipinski definition) is 1. The molecule has 1 aromatic rings. The first-order valence-electron chi connectivity index (χ1n) is 8.20. The van der Waals surface area contributed by atoms with Gasteiger partial charge in [0.15, 0.2) is 0 Å². The van der Waals surface area contributed by atoms with Crippen molar-refractivity contribution in [2.24, 2.45) is 5.92 Å². The van der Waals surface area contributed by atoms with Crippen LogP contribution < -0.4 is 10.1 Å². The summed E-state index contributed by atoms with van der Waals surface area (Å²) in [6.07, 6.45) is 2.61. The summed E-state index contributed by atoms with van der Waals surface area (Å²) >= 11 is 0. The zero-order valence-corrected chi connectivity index (χ0v) is 15.3. The van der Waals surface area contributed by atoms with Gasteiger partial charge >= 0.3 is 0 Å². The number of benzene rings is 1. The number of piperidine rings is 1. The fraction of sp³-hybridized carbons (Fsp3) is 0.588. The first kappa shape index (κ1) is 18.7. The molecule has 1 aliphatic rings. The van der Waals surface area contributed by atoms with Gasteiger partial charge in [-0.25, -0.2) is 12.7 Å². The van der Waals surface area contributed by atoms with Crippen LogP contribution in [-0.4, -0.2) is 50.6 Å². The van der Waals surface area contributed by atoms with Crippen LogP contribution in [-0.2, 0) is 14.8 Å². The number of carbonyl (C=O) groups is 1. The lowest BCUT2D eigenvalue weighted by molar-refractivity contribution is -0.126. The molecule has 1 heterocycles. The smallest absolute Gasteiger partial charge is 0.224 e. The molecule has 24 heavy (non-hydrogen) atoms. The molecule has 7 heteroatoms. The van der Waals surface area contributed by atoms with Gasteiger partial charge in [-0.3, -0.25) is 4.79 Å². The van der Waals surface area contributed by atoms with Crippen LogP contribution in [0.1, 0.15) is 25.3 Å². The number of nitrogens with one attached hydrogen (secondary N) is 1. The van der Waals surface area contributed by atoms with E-state index in [9.17, 15) is 13.2 Å². The highest BCUT2D eigenvalue weighted by Gasteiger charge is 2.30. The molecule has 1 amide bonds. The van der Waals surface area contributed by atoms with Crippen molar-refractivity contribution in [2.45, 2.75) is 32.7 Å². The zero-order valence-electron chi connectivity index (χ0n) is 14.5. The second kappa shape index (κ2) is 7.98. The summed E-state index contributed by atoms with van der Waals surface area (Å²) in [5.41, 5.74) is 1.16. The van der Waals surface area contributed by atoms with Gasteiger partial charge in [0.25, 0.3) is 0 Å². The molecule has 0 saturated carbocycles. The first-order chi connectivity index (χ1) is 11.3. The van der Waals surface area contributed by atoms with E-state index in [0.717, 1.165) is 11.3 Å². The maximum Gasteiger partial charge on any atom is 0.224 e. The first-order valence-corrected chi connectivity index (χ1v) is 10.1. The van der Waals surface area contributed by atoms with Crippen molar-refractivity contribution in [1.29, 1.82) is 0 Å². The Morgan fingerprint density at radius 3 is 2.67 bits per heavy atom. The fourth-order valence-electron chi connectivity index (χ4n) is 2.72. The van der Waals surface area contributed by atoms with E-state index in [0.29, 0.717) is 26.0 Å². The minimum atomic E-state index is -3.24. The van der Waals surface area contributed by atoms with Gasteiger partial charge in [-0.05, 0) is 38.8 Å². The molecule has 0 unspecified atom stereocenters. The fourth-order valence-corrected chi connectivity index (χ4v) is 3.63. The molecule has 0 radical (unpaired) electrons. The second-order valence-electron chi connectivity index (χ2n) is 6.49. The predicted octanol–water partition coefficient (Wildman–Crippen LogP) is 1.55. The molecule has 1 saturated heterocycles. The summed E-state index contributed by atoms with van der Waals surface area (Å²) in [5, 5.41) is 2.92. The lowest BCUT2D eigenvalue weighted by Crippen LogP contribution is -2.47. The molecule has 2 atom stereocenters. The molecule has 1 fully saturated rings. The van der Waals surface area contributed by atoms with E-state index in [1.165, 1.54) is 10.6 Å². The van der Waals surface area contributed by atoms with E-state index < -0.39 is 10.0 Å². The molecular formula is C17H26N2O4S. The van der Waals surface area contributed by atoms with Gasteiger partial charge in [0, 0.05) is 13.1 Å². The Morgan fingerprint density at radius 2 is 2.04 bits per heavy atom. The quantitative estimate of drug-likeness (QED) is 0.841. The number of hydrogen-bond acceptors (Lipinski definition) is 4. The van der Waals surface area contributed by atoms with E-state index in [-0.39, 0.29) is 24.4 Å². The highest BCUT2D eigenvalue weighted by Crippen LogP contribution is 2.19. The van der Waals surface area contributed by atoms with Crippen molar-refractivity contribution < 1.29 is 17.9 Å². The maximum absolute atomic E-state index is 12.3. The lowest BCUT2D eigenvalue weighted by atomic mass is 9.98. The van der Waals surface area contributed by atoms with Crippen molar-refractivity contribution in [3.63, 3.8) is 0 Å². The molecule has 134 valence electrons. The molecule has 0 aromatic heterocycles. The van der Waals surface area contributed by atoms with Gasteiger partial charge < -0.3 is 10.1 Å². The largest absolute Gasteiger partial charge is 0.491 e.